The van der Waals surface area contributed by atoms with Crippen molar-refractivity contribution in [2.75, 3.05) is 16.8 Å². The summed E-state index contributed by atoms with van der Waals surface area (Å²) in [6.07, 6.45) is 0. The van der Waals surface area contributed by atoms with Gasteiger partial charge >= 0.3 is 0 Å². The van der Waals surface area contributed by atoms with E-state index >= 15 is 0 Å². The zero-order chi connectivity index (χ0) is 21.4. The normalized spacial score (nSPS) is 18.4. The number of thiocarbonyl (C=S) groups is 1. The van der Waals surface area contributed by atoms with Gasteiger partial charge in [-0.05, 0) is 32.0 Å². The molecule has 6 nitrogen and oxygen atoms in total. The number of benzene rings is 2. The lowest BCUT2D eigenvalue weighted by Gasteiger charge is -2.18. The van der Waals surface area contributed by atoms with Crippen molar-refractivity contribution in [3.63, 3.8) is 0 Å². The van der Waals surface area contributed by atoms with Gasteiger partial charge in [-0.2, -0.15) is 0 Å². The Kier molecular flexibility index (Phi) is 5.44. The quantitative estimate of drug-likeness (QED) is 0.584. The third kappa shape index (κ3) is 3.53. The molecule has 1 saturated heterocycles. The van der Waals surface area contributed by atoms with Crippen LogP contribution in [0.2, 0.25) is 0 Å². The molecule has 0 radical (unpaired) electrons. The molecule has 3 amide bonds. The zero-order valence-corrected chi connectivity index (χ0v) is 18.0. The van der Waals surface area contributed by atoms with E-state index in [1.807, 2.05) is 38.1 Å². The highest BCUT2D eigenvalue weighted by Gasteiger charge is 2.43. The maximum Gasteiger partial charge on any atom is 0.267 e. The van der Waals surface area contributed by atoms with E-state index in [-0.39, 0.29) is 30.3 Å². The number of fused-ring (bicyclic) bond motifs is 1. The fourth-order valence-electron chi connectivity index (χ4n) is 3.50. The monoisotopic (exact) mass is 437 g/mol. The third-order valence-corrected chi connectivity index (χ3v) is 6.23. The third-order valence-electron chi connectivity index (χ3n) is 4.83. The molecule has 0 atom stereocenters. The van der Waals surface area contributed by atoms with Crippen LogP contribution in [0.4, 0.5) is 11.4 Å². The molecule has 2 aliphatic heterocycles. The molecular weight excluding hydrogens is 418 g/mol. The summed E-state index contributed by atoms with van der Waals surface area (Å²) in [7, 11) is 0. The SMILES string of the molecule is CC(C)N1C(=O)/C(=C2\C(=O)N(CC(=O)Nc3ccccc3)c3ccccc32)SC1=S. The first-order valence-electron chi connectivity index (χ1n) is 9.44. The van der Waals surface area contributed by atoms with E-state index in [0.29, 0.717) is 31.7 Å². The zero-order valence-electron chi connectivity index (χ0n) is 16.4. The summed E-state index contributed by atoms with van der Waals surface area (Å²) in [5.74, 6) is -0.960. The van der Waals surface area contributed by atoms with Gasteiger partial charge in [-0.3, -0.25) is 24.2 Å². The van der Waals surface area contributed by atoms with Crippen LogP contribution in [0.3, 0.4) is 0 Å². The lowest BCUT2D eigenvalue weighted by molar-refractivity contribution is -0.123. The second-order valence-corrected chi connectivity index (χ2v) is 8.81. The lowest BCUT2D eigenvalue weighted by atomic mass is 10.1. The van der Waals surface area contributed by atoms with Gasteiger partial charge in [0, 0.05) is 17.3 Å². The largest absolute Gasteiger partial charge is 0.325 e. The number of para-hydroxylation sites is 2. The van der Waals surface area contributed by atoms with Gasteiger partial charge in [0.1, 0.15) is 10.9 Å². The number of carbonyl (C=O) groups is 3. The first kappa shape index (κ1) is 20.3. The molecular formula is C22H19N3O3S2. The molecule has 0 aromatic heterocycles. The van der Waals surface area contributed by atoms with E-state index in [1.54, 1.807) is 30.3 Å². The van der Waals surface area contributed by atoms with Gasteiger partial charge in [0.25, 0.3) is 11.8 Å². The second kappa shape index (κ2) is 8.04. The molecule has 2 aliphatic rings. The Balaban J connectivity index is 1.68. The van der Waals surface area contributed by atoms with Gasteiger partial charge < -0.3 is 5.32 Å². The van der Waals surface area contributed by atoms with Crippen molar-refractivity contribution in [2.45, 2.75) is 19.9 Å². The Morgan fingerprint density at radius 1 is 1.03 bits per heavy atom. The summed E-state index contributed by atoms with van der Waals surface area (Å²) >= 11 is 6.50. The van der Waals surface area contributed by atoms with Gasteiger partial charge in [0.2, 0.25) is 5.91 Å². The number of rotatable bonds is 4. The van der Waals surface area contributed by atoms with Crippen molar-refractivity contribution < 1.29 is 14.4 Å². The van der Waals surface area contributed by atoms with Crippen LogP contribution >= 0.6 is 24.0 Å². The van der Waals surface area contributed by atoms with Crippen LogP contribution < -0.4 is 10.2 Å². The molecule has 8 heteroatoms. The van der Waals surface area contributed by atoms with E-state index in [0.717, 1.165) is 11.8 Å². The van der Waals surface area contributed by atoms with Crippen LogP contribution in [0.1, 0.15) is 19.4 Å². The van der Waals surface area contributed by atoms with E-state index in [4.69, 9.17) is 12.2 Å². The van der Waals surface area contributed by atoms with Crippen LogP contribution in [-0.2, 0) is 14.4 Å². The smallest absolute Gasteiger partial charge is 0.267 e. The van der Waals surface area contributed by atoms with Gasteiger partial charge in [0.15, 0.2) is 0 Å². The topological polar surface area (TPSA) is 69.7 Å². The van der Waals surface area contributed by atoms with Crippen LogP contribution in [0.5, 0.6) is 0 Å². The minimum atomic E-state index is -0.372. The molecule has 4 rings (SSSR count). The summed E-state index contributed by atoms with van der Waals surface area (Å²) in [4.78, 5) is 42.1. The number of nitrogens with one attached hydrogen (secondary N) is 1. The molecule has 2 aromatic carbocycles. The van der Waals surface area contributed by atoms with Gasteiger partial charge in [0.05, 0.1) is 16.2 Å². The van der Waals surface area contributed by atoms with E-state index in [9.17, 15) is 14.4 Å². The van der Waals surface area contributed by atoms with Crippen molar-refractivity contribution >= 4 is 63.0 Å². The second-order valence-electron chi connectivity index (χ2n) is 7.16. The Morgan fingerprint density at radius 3 is 2.37 bits per heavy atom. The van der Waals surface area contributed by atoms with Crippen LogP contribution in [0.15, 0.2) is 59.5 Å². The van der Waals surface area contributed by atoms with E-state index in [2.05, 4.69) is 5.32 Å². The summed E-state index contributed by atoms with van der Waals surface area (Å²) < 4.78 is 0.433. The molecule has 0 spiro atoms. The van der Waals surface area contributed by atoms with Crippen LogP contribution in [0, 0.1) is 0 Å². The Labute approximate surface area is 183 Å². The number of anilines is 2. The van der Waals surface area contributed by atoms with Gasteiger partial charge in [-0.1, -0.05) is 60.4 Å². The summed E-state index contributed by atoms with van der Waals surface area (Å²) in [6, 6.07) is 16.1. The van der Waals surface area contributed by atoms with E-state index < -0.39 is 0 Å². The Morgan fingerprint density at radius 2 is 1.70 bits per heavy atom. The number of nitrogens with zero attached hydrogens (tertiary/aromatic N) is 2. The molecule has 0 bridgehead atoms. The highest BCUT2D eigenvalue weighted by molar-refractivity contribution is 8.26. The molecule has 1 fully saturated rings. The molecule has 2 aromatic rings. The maximum absolute atomic E-state index is 13.3. The fraction of sp³-hybridized carbons (Fsp3) is 0.182. The van der Waals surface area contributed by atoms with Gasteiger partial charge in [-0.15, -0.1) is 0 Å². The number of carbonyl (C=O) groups excluding carboxylic acids is 3. The van der Waals surface area contributed by atoms with Crippen molar-refractivity contribution in [1.82, 2.24) is 4.90 Å². The average molecular weight is 438 g/mol. The minimum absolute atomic E-state index is 0.102. The van der Waals surface area contributed by atoms with Gasteiger partial charge in [-0.25, -0.2) is 0 Å². The number of thioether (sulfide) groups is 1. The van der Waals surface area contributed by atoms with Crippen molar-refractivity contribution in [2.24, 2.45) is 0 Å². The number of amides is 3. The first-order valence-corrected chi connectivity index (χ1v) is 10.7. The summed E-state index contributed by atoms with van der Waals surface area (Å²) in [5, 5.41) is 2.79. The molecule has 0 aliphatic carbocycles. The number of hydrogen-bond donors (Lipinski definition) is 1. The molecule has 30 heavy (non-hydrogen) atoms. The lowest BCUT2D eigenvalue weighted by Crippen LogP contribution is -2.36. The Bertz CT molecular complexity index is 1100. The van der Waals surface area contributed by atoms with Crippen molar-refractivity contribution in [3.8, 4) is 0 Å². The Hall–Kier alpha value is -2.97. The maximum atomic E-state index is 13.3. The molecule has 152 valence electrons. The first-order chi connectivity index (χ1) is 14.4. The highest BCUT2D eigenvalue weighted by Crippen LogP contribution is 2.44. The number of hydrogen-bond acceptors (Lipinski definition) is 5. The predicted molar refractivity (Wildman–Crippen MR) is 123 cm³/mol. The van der Waals surface area contributed by atoms with Crippen molar-refractivity contribution in [1.29, 1.82) is 0 Å². The summed E-state index contributed by atoms with van der Waals surface area (Å²) in [5.41, 5.74) is 2.20. The average Bonchev–Trinajstić information content (AvgIpc) is 3.15. The molecule has 2 heterocycles. The molecule has 0 unspecified atom stereocenters. The predicted octanol–water partition coefficient (Wildman–Crippen LogP) is 3.65. The molecule has 0 saturated carbocycles. The standard InChI is InChI=1S/C22H19N3O3S2/c1-13(2)25-21(28)19(30-22(25)29)18-15-10-6-7-11-16(15)24(20(18)27)12-17(26)23-14-8-4-3-5-9-14/h3-11,13H,12H2,1-2H3,(H,23,26)/b19-18+. The summed E-state index contributed by atoms with van der Waals surface area (Å²) in [6.45, 7) is 3.60. The van der Waals surface area contributed by atoms with Crippen LogP contribution in [-0.4, -0.2) is 39.5 Å². The van der Waals surface area contributed by atoms with E-state index in [1.165, 1.54) is 9.80 Å². The van der Waals surface area contributed by atoms with Crippen LogP contribution in [0.25, 0.3) is 5.57 Å². The van der Waals surface area contributed by atoms with Crippen molar-refractivity contribution in [3.05, 3.63) is 65.1 Å². The fourth-order valence-corrected chi connectivity index (χ4v) is 5.09. The minimum Gasteiger partial charge on any atom is -0.325 e. The molecule has 1 N–H and O–H groups in total. The highest BCUT2D eigenvalue weighted by atomic mass is 32.2.